The first-order chi connectivity index (χ1) is 8.77. The second kappa shape index (κ2) is 5.36. The molecule has 0 atom stereocenters. The van der Waals surface area contributed by atoms with E-state index in [1.807, 2.05) is 54.6 Å². The maximum atomic E-state index is 11.2. The van der Waals surface area contributed by atoms with E-state index in [9.17, 15) is 9.90 Å². The molecule has 88 valence electrons. The number of rotatable bonds is 2. The second-order valence-electron chi connectivity index (χ2n) is 4.05. The van der Waals surface area contributed by atoms with Crippen LogP contribution in [0.5, 0.6) is 0 Å². The third-order valence-corrected chi connectivity index (χ3v) is 2.93. The molecule has 0 amide bonds. The molecule has 2 aromatic carbocycles. The minimum Gasteiger partial charge on any atom is -0.543 e. The van der Waals surface area contributed by atoms with E-state index < -0.39 is 5.97 Å². The van der Waals surface area contributed by atoms with Crippen molar-refractivity contribution in [1.82, 2.24) is 4.57 Å². The number of hydrogen-bond acceptors (Lipinski definition) is 2. The Bertz CT molecular complexity index is 719. The predicted molar refractivity (Wildman–Crippen MR) is 67.6 cm³/mol. The summed E-state index contributed by atoms with van der Waals surface area (Å²) in [5.74, 6) is -1.17. The molecule has 0 N–H and O–H groups in total. The molecule has 0 saturated heterocycles. The van der Waals surface area contributed by atoms with E-state index in [0.29, 0.717) is 0 Å². The summed E-state index contributed by atoms with van der Waals surface area (Å²) in [6.07, 6.45) is 0. The number of fused-ring (bicyclic) bond motifs is 1. The average molecular weight is 243 g/mol. The number of benzene rings is 2. The first-order valence-corrected chi connectivity index (χ1v) is 5.64. The van der Waals surface area contributed by atoms with Crippen molar-refractivity contribution in [3.8, 4) is 5.69 Å². The molecule has 0 aliphatic heterocycles. The van der Waals surface area contributed by atoms with Gasteiger partial charge in [-0.1, -0.05) is 36.4 Å². The van der Waals surface area contributed by atoms with Gasteiger partial charge in [0.15, 0.2) is 0 Å². The van der Waals surface area contributed by atoms with Crippen LogP contribution in [0.25, 0.3) is 16.6 Å². The predicted octanol–water partition coefficient (Wildman–Crippen LogP) is -1.00. The van der Waals surface area contributed by atoms with Crippen LogP contribution in [0, 0.1) is 0 Å². The average Bonchev–Trinajstić information content (AvgIpc) is 2.79. The Hall–Kier alpha value is -1.95. The first kappa shape index (κ1) is 13.5. The molecule has 0 unspecified atom stereocenters. The molecule has 3 nitrogen and oxygen atoms in total. The number of para-hydroxylation sites is 2. The van der Waals surface area contributed by atoms with E-state index in [2.05, 4.69) is 0 Å². The Balaban J connectivity index is 0.00000133. The molecular weight excluding hydrogens is 233 g/mol. The summed E-state index contributed by atoms with van der Waals surface area (Å²) >= 11 is 0. The van der Waals surface area contributed by atoms with E-state index in [4.69, 9.17) is 0 Å². The number of nitrogens with zero attached hydrogens (tertiary/aromatic N) is 1. The molecule has 4 heteroatoms. The monoisotopic (exact) mass is 243 g/mol. The Kier molecular flexibility index (Phi) is 3.80. The van der Waals surface area contributed by atoms with Gasteiger partial charge in [0.25, 0.3) is 0 Å². The molecule has 0 bridgehead atoms. The fourth-order valence-corrected chi connectivity index (χ4v) is 2.16. The van der Waals surface area contributed by atoms with Crippen molar-refractivity contribution >= 4 is 16.9 Å². The van der Waals surface area contributed by atoms with Gasteiger partial charge < -0.3 is 14.5 Å². The Morgan fingerprint density at radius 2 is 1.58 bits per heavy atom. The quantitative estimate of drug-likeness (QED) is 0.542. The van der Waals surface area contributed by atoms with E-state index in [-0.39, 0.29) is 24.6 Å². The number of hydrogen-bond donors (Lipinski definition) is 0. The van der Waals surface area contributed by atoms with Gasteiger partial charge in [0.1, 0.15) is 0 Å². The van der Waals surface area contributed by atoms with Crippen LogP contribution < -0.4 is 24.0 Å². The van der Waals surface area contributed by atoms with E-state index in [1.54, 1.807) is 10.6 Å². The minimum atomic E-state index is -1.17. The van der Waals surface area contributed by atoms with Gasteiger partial charge in [0, 0.05) is 11.1 Å². The Morgan fingerprint density at radius 1 is 0.947 bits per heavy atom. The third kappa shape index (κ3) is 2.31. The molecule has 0 saturated carbocycles. The van der Waals surface area contributed by atoms with Gasteiger partial charge in [-0.15, -0.1) is 0 Å². The van der Waals surface area contributed by atoms with Crippen LogP contribution in [0.15, 0.2) is 60.7 Å². The van der Waals surface area contributed by atoms with Crippen LogP contribution in [-0.2, 0) is 0 Å². The summed E-state index contributed by atoms with van der Waals surface area (Å²) in [6, 6.07) is 18.6. The largest absolute Gasteiger partial charge is 1.00 e. The summed E-state index contributed by atoms with van der Waals surface area (Å²) in [7, 11) is 0. The Labute approximate surface area is 122 Å². The summed E-state index contributed by atoms with van der Waals surface area (Å²) in [4.78, 5) is 11.2. The van der Waals surface area contributed by atoms with Gasteiger partial charge in [-0.3, -0.25) is 0 Å². The first-order valence-electron chi connectivity index (χ1n) is 5.64. The minimum absolute atomic E-state index is 0. The van der Waals surface area contributed by atoms with Crippen molar-refractivity contribution in [3.63, 3.8) is 0 Å². The zero-order valence-electron chi connectivity index (χ0n) is 10.5. The van der Waals surface area contributed by atoms with Crippen LogP contribution >= 0.6 is 0 Å². The number of aromatic nitrogens is 1. The van der Waals surface area contributed by atoms with Crippen molar-refractivity contribution in [3.05, 3.63) is 66.4 Å². The van der Waals surface area contributed by atoms with Gasteiger partial charge in [0.05, 0.1) is 17.2 Å². The number of carbonyl (C=O) groups is 1. The smallest absolute Gasteiger partial charge is 0.543 e. The van der Waals surface area contributed by atoms with Crippen LogP contribution in [0.1, 0.15) is 10.5 Å². The van der Waals surface area contributed by atoms with Crippen molar-refractivity contribution in [2.75, 3.05) is 0 Å². The third-order valence-electron chi connectivity index (χ3n) is 2.93. The normalized spacial score (nSPS) is 10.1. The molecule has 19 heavy (non-hydrogen) atoms. The maximum Gasteiger partial charge on any atom is 1.00 e. The second-order valence-corrected chi connectivity index (χ2v) is 4.05. The van der Waals surface area contributed by atoms with Crippen molar-refractivity contribution in [2.24, 2.45) is 0 Å². The molecule has 1 heterocycles. The standard InChI is InChI=1S/C15H11NO2.Li/c17-15(18)14-10-11-6-4-5-9-13(11)16(14)12-7-2-1-3-8-12;/h1-10H,(H,17,18);/q;+1/p-1. The Morgan fingerprint density at radius 3 is 2.26 bits per heavy atom. The summed E-state index contributed by atoms with van der Waals surface area (Å²) in [5, 5.41) is 12.1. The van der Waals surface area contributed by atoms with Crippen molar-refractivity contribution in [1.29, 1.82) is 0 Å². The molecule has 0 aliphatic carbocycles. The van der Waals surface area contributed by atoms with Crippen molar-refractivity contribution < 1.29 is 28.8 Å². The summed E-state index contributed by atoms with van der Waals surface area (Å²) in [5.41, 5.74) is 1.85. The van der Waals surface area contributed by atoms with Gasteiger partial charge in [-0.05, 0) is 24.3 Å². The zero-order chi connectivity index (χ0) is 12.5. The molecule has 0 aliphatic rings. The topological polar surface area (TPSA) is 45.1 Å². The zero-order valence-corrected chi connectivity index (χ0v) is 10.5. The fourth-order valence-electron chi connectivity index (χ4n) is 2.16. The van der Waals surface area contributed by atoms with Crippen molar-refractivity contribution in [2.45, 2.75) is 0 Å². The number of carbonyl (C=O) groups excluding carboxylic acids is 1. The molecule has 0 radical (unpaired) electrons. The van der Waals surface area contributed by atoms with E-state index >= 15 is 0 Å². The molecule has 3 rings (SSSR count). The van der Waals surface area contributed by atoms with Crippen LogP contribution in [0.3, 0.4) is 0 Å². The SMILES string of the molecule is O=C([O-])c1cc2ccccc2n1-c1ccccc1.[Li+]. The summed E-state index contributed by atoms with van der Waals surface area (Å²) < 4.78 is 1.70. The molecule has 0 spiro atoms. The van der Waals surface area contributed by atoms with E-state index in [0.717, 1.165) is 16.6 Å². The van der Waals surface area contributed by atoms with Gasteiger partial charge >= 0.3 is 18.9 Å². The van der Waals surface area contributed by atoms with Crippen LogP contribution in [-0.4, -0.2) is 10.5 Å². The number of carboxylic acid groups (broad SMARTS) is 1. The fraction of sp³-hybridized carbons (Fsp3) is 0. The maximum absolute atomic E-state index is 11.2. The number of aromatic carboxylic acids is 1. The molecule has 0 fully saturated rings. The molecule has 3 aromatic rings. The van der Waals surface area contributed by atoms with Crippen LogP contribution in [0.4, 0.5) is 0 Å². The molecular formula is C15H10LiNO2. The van der Waals surface area contributed by atoms with E-state index in [1.165, 1.54) is 0 Å². The van der Waals surface area contributed by atoms with Gasteiger partial charge in [-0.25, -0.2) is 0 Å². The summed E-state index contributed by atoms with van der Waals surface area (Å²) in [6.45, 7) is 0. The molecule has 1 aromatic heterocycles. The van der Waals surface area contributed by atoms with Crippen LogP contribution in [0.2, 0.25) is 0 Å². The van der Waals surface area contributed by atoms with Gasteiger partial charge in [-0.2, -0.15) is 0 Å². The van der Waals surface area contributed by atoms with Gasteiger partial charge in [0.2, 0.25) is 0 Å². The number of carboxylic acids is 1.